The van der Waals surface area contributed by atoms with E-state index in [1.807, 2.05) is 0 Å². The number of aliphatic hydroxyl groups is 1. The van der Waals surface area contributed by atoms with Crippen LogP contribution in [-0.4, -0.2) is 10.7 Å². The molecule has 1 aromatic carbocycles. The zero-order valence-corrected chi connectivity index (χ0v) is 9.38. The van der Waals surface area contributed by atoms with Crippen LogP contribution >= 0.6 is 0 Å². The molecule has 1 saturated carbocycles. The fraction of sp³-hybridized carbons (Fsp3) is 0.500. The van der Waals surface area contributed by atoms with E-state index in [4.69, 9.17) is 5.73 Å². The summed E-state index contributed by atoms with van der Waals surface area (Å²) in [4.78, 5) is 0. The second kappa shape index (κ2) is 3.46. The summed E-state index contributed by atoms with van der Waals surface area (Å²) in [7, 11) is 0. The molecule has 5 heteroatoms. The third-order valence-electron chi connectivity index (χ3n) is 3.18. The minimum absolute atomic E-state index is 0.366. The molecule has 2 rings (SSSR count). The number of hydrogen-bond acceptors (Lipinski definition) is 2. The highest BCUT2D eigenvalue weighted by Crippen LogP contribution is 2.46. The van der Waals surface area contributed by atoms with Crippen molar-refractivity contribution in [3.63, 3.8) is 0 Å². The van der Waals surface area contributed by atoms with E-state index in [-0.39, 0.29) is 0 Å². The van der Waals surface area contributed by atoms with Gasteiger partial charge in [-0.2, -0.15) is 13.2 Å². The topological polar surface area (TPSA) is 46.2 Å². The first-order valence-corrected chi connectivity index (χ1v) is 5.31. The minimum atomic E-state index is -4.33. The molecule has 0 aliphatic heterocycles. The molecule has 0 heterocycles. The van der Waals surface area contributed by atoms with Crippen molar-refractivity contribution in [2.24, 2.45) is 5.73 Å². The maximum absolute atomic E-state index is 12.4. The van der Waals surface area contributed by atoms with Gasteiger partial charge < -0.3 is 10.8 Å². The molecular weight excluding hydrogens is 231 g/mol. The minimum Gasteiger partial charge on any atom is -0.390 e. The first kappa shape index (κ1) is 12.4. The highest BCUT2D eigenvalue weighted by Gasteiger charge is 2.49. The molecule has 94 valence electrons. The van der Waals surface area contributed by atoms with Crippen LogP contribution in [0.25, 0.3) is 0 Å². The molecule has 0 saturated heterocycles. The van der Waals surface area contributed by atoms with Gasteiger partial charge in [-0.1, -0.05) is 12.1 Å². The van der Waals surface area contributed by atoms with Crippen LogP contribution in [0.15, 0.2) is 24.3 Å². The van der Waals surface area contributed by atoms with Gasteiger partial charge in [-0.05, 0) is 37.5 Å². The molecule has 0 amide bonds. The number of benzene rings is 1. The number of halogens is 3. The van der Waals surface area contributed by atoms with E-state index in [9.17, 15) is 18.3 Å². The van der Waals surface area contributed by atoms with Gasteiger partial charge in [0.05, 0.1) is 11.2 Å². The van der Waals surface area contributed by atoms with Crippen LogP contribution in [0.4, 0.5) is 13.2 Å². The normalized spacial score (nSPS) is 33.3. The van der Waals surface area contributed by atoms with E-state index in [0.717, 1.165) is 12.1 Å². The summed E-state index contributed by atoms with van der Waals surface area (Å²) < 4.78 is 37.1. The predicted octanol–water partition coefficient (Wildman–Crippen LogP) is 2.40. The first-order valence-electron chi connectivity index (χ1n) is 5.31. The van der Waals surface area contributed by atoms with E-state index in [2.05, 4.69) is 0 Å². The van der Waals surface area contributed by atoms with E-state index in [1.165, 1.54) is 12.1 Å². The lowest BCUT2D eigenvalue weighted by Gasteiger charge is -2.49. The molecule has 3 N–H and O–H groups in total. The second-order valence-electron chi connectivity index (χ2n) is 5.08. The molecule has 1 aliphatic rings. The quantitative estimate of drug-likeness (QED) is 0.798. The van der Waals surface area contributed by atoms with Gasteiger partial charge >= 0.3 is 6.18 Å². The smallest absolute Gasteiger partial charge is 0.390 e. The molecule has 1 aliphatic carbocycles. The van der Waals surface area contributed by atoms with Gasteiger partial charge in [0.2, 0.25) is 0 Å². The first-order chi connectivity index (χ1) is 7.62. The van der Waals surface area contributed by atoms with Crippen molar-refractivity contribution in [2.75, 3.05) is 0 Å². The van der Waals surface area contributed by atoms with Gasteiger partial charge in [-0.15, -0.1) is 0 Å². The van der Waals surface area contributed by atoms with Crippen LogP contribution in [0, 0.1) is 0 Å². The Hall–Kier alpha value is -1.07. The maximum atomic E-state index is 12.4. The van der Waals surface area contributed by atoms with E-state index in [1.54, 1.807) is 6.92 Å². The summed E-state index contributed by atoms with van der Waals surface area (Å²) >= 11 is 0. The van der Waals surface area contributed by atoms with E-state index >= 15 is 0 Å². The summed E-state index contributed by atoms with van der Waals surface area (Å²) in [5.41, 5.74) is 4.46. The van der Waals surface area contributed by atoms with Gasteiger partial charge in [0.25, 0.3) is 0 Å². The number of alkyl halides is 3. The molecule has 0 unspecified atom stereocenters. The van der Waals surface area contributed by atoms with Crippen molar-refractivity contribution >= 4 is 0 Å². The zero-order chi connectivity index (χ0) is 12.9. The Morgan fingerprint density at radius 2 is 1.65 bits per heavy atom. The van der Waals surface area contributed by atoms with Crippen molar-refractivity contribution in [3.05, 3.63) is 35.4 Å². The summed E-state index contributed by atoms with van der Waals surface area (Å²) in [5, 5.41) is 9.63. The van der Waals surface area contributed by atoms with Gasteiger partial charge in [-0.25, -0.2) is 0 Å². The lowest BCUT2D eigenvalue weighted by Crippen LogP contribution is -2.58. The summed E-state index contributed by atoms with van der Waals surface area (Å²) in [6, 6.07) is 4.82. The molecule has 1 aromatic rings. The molecule has 0 aromatic heterocycles. The lowest BCUT2D eigenvalue weighted by atomic mass is 9.63. The summed E-state index contributed by atoms with van der Waals surface area (Å²) in [6.45, 7) is 1.67. The average molecular weight is 245 g/mol. The van der Waals surface area contributed by atoms with Crippen LogP contribution in [0.1, 0.15) is 30.9 Å². The van der Waals surface area contributed by atoms with Crippen LogP contribution in [0.3, 0.4) is 0 Å². The number of rotatable bonds is 1. The van der Waals surface area contributed by atoms with E-state index < -0.39 is 22.9 Å². The molecule has 0 atom stereocenters. The Labute approximate surface area is 97.2 Å². The van der Waals surface area contributed by atoms with Gasteiger partial charge in [0.1, 0.15) is 0 Å². The molecule has 0 radical (unpaired) electrons. The summed E-state index contributed by atoms with van der Waals surface area (Å²) in [5.74, 6) is 0. The standard InChI is InChI=1S/C12H14F3NO/c1-10(17)6-11(16,7-10)8-2-4-9(5-3-8)12(13,14)15/h2-5,17H,6-7,16H2,1H3. The SMILES string of the molecule is CC1(O)CC(N)(c2ccc(C(F)(F)F)cc2)C1. The van der Waals surface area contributed by atoms with Crippen molar-refractivity contribution in [1.82, 2.24) is 0 Å². The van der Waals surface area contributed by atoms with Crippen LogP contribution < -0.4 is 5.73 Å². The van der Waals surface area contributed by atoms with Gasteiger partial charge in [-0.3, -0.25) is 0 Å². The summed E-state index contributed by atoms with van der Waals surface area (Å²) in [6.07, 6.45) is -3.60. The highest BCUT2D eigenvalue weighted by atomic mass is 19.4. The average Bonchev–Trinajstić information content (AvgIpc) is 2.13. The van der Waals surface area contributed by atoms with Crippen molar-refractivity contribution < 1.29 is 18.3 Å². The highest BCUT2D eigenvalue weighted by molar-refractivity contribution is 5.33. The third-order valence-corrected chi connectivity index (χ3v) is 3.18. The third kappa shape index (κ3) is 2.30. The number of nitrogens with two attached hydrogens (primary N) is 1. The molecule has 2 nitrogen and oxygen atoms in total. The molecule has 0 spiro atoms. The monoisotopic (exact) mass is 245 g/mol. The van der Waals surface area contributed by atoms with Crippen molar-refractivity contribution in [3.8, 4) is 0 Å². The Balaban J connectivity index is 2.20. The molecular formula is C12H14F3NO. The molecule has 17 heavy (non-hydrogen) atoms. The van der Waals surface area contributed by atoms with Gasteiger partial charge in [0, 0.05) is 5.54 Å². The van der Waals surface area contributed by atoms with E-state index in [0.29, 0.717) is 18.4 Å². The maximum Gasteiger partial charge on any atom is 0.416 e. The predicted molar refractivity (Wildman–Crippen MR) is 57.2 cm³/mol. The Morgan fingerprint density at radius 1 is 1.18 bits per heavy atom. The molecule has 1 fully saturated rings. The van der Waals surface area contributed by atoms with Crippen molar-refractivity contribution in [2.45, 2.75) is 37.1 Å². The fourth-order valence-electron chi connectivity index (χ4n) is 2.50. The Bertz CT molecular complexity index is 414. The largest absolute Gasteiger partial charge is 0.416 e. The van der Waals surface area contributed by atoms with Gasteiger partial charge in [0.15, 0.2) is 0 Å². The van der Waals surface area contributed by atoms with Crippen LogP contribution in [0.5, 0.6) is 0 Å². The lowest BCUT2D eigenvalue weighted by molar-refractivity contribution is -0.137. The Kier molecular flexibility index (Phi) is 2.52. The molecule has 0 bridgehead atoms. The fourth-order valence-corrected chi connectivity index (χ4v) is 2.50. The Morgan fingerprint density at radius 3 is 2.00 bits per heavy atom. The zero-order valence-electron chi connectivity index (χ0n) is 9.38. The van der Waals surface area contributed by atoms with Crippen LogP contribution in [-0.2, 0) is 11.7 Å². The van der Waals surface area contributed by atoms with Crippen molar-refractivity contribution in [1.29, 1.82) is 0 Å². The van der Waals surface area contributed by atoms with Crippen LogP contribution in [0.2, 0.25) is 0 Å². The number of hydrogen-bond donors (Lipinski definition) is 2. The second-order valence-corrected chi connectivity index (χ2v) is 5.08.